The molecule has 152 valence electrons. The Hall–Kier alpha value is -2.82. The number of rotatable bonds is 5. The van der Waals surface area contributed by atoms with Crippen molar-refractivity contribution in [2.45, 2.75) is 45.6 Å². The van der Waals surface area contributed by atoms with Crippen LogP contribution in [0.5, 0.6) is 5.75 Å². The van der Waals surface area contributed by atoms with Crippen LogP contribution in [-0.2, 0) is 0 Å². The number of ether oxygens (including phenoxy) is 1. The minimum absolute atomic E-state index is 0.150. The molecule has 1 aliphatic rings. The van der Waals surface area contributed by atoms with Gasteiger partial charge in [-0.25, -0.2) is 0 Å². The highest BCUT2D eigenvalue weighted by atomic mass is 16.5. The van der Waals surface area contributed by atoms with Gasteiger partial charge in [0.25, 0.3) is 5.91 Å². The second-order valence-corrected chi connectivity index (χ2v) is 8.35. The molecule has 4 rings (SSSR count). The highest BCUT2D eigenvalue weighted by Crippen LogP contribution is 2.37. The minimum atomic E-state index is -0.150. The van der Waals surface area contributed by atoms with E-state index in [2.05, 4.69) is 30.0 Å². The zero-order chi connectivity index (χ0) is 20.4. The molecule has 2 aromatic carbocycles. The molecule has 3 aromatic rings. The number of benzene rings is 2. The predicted octanol–water partition coefficient (Wildman–Crippen LogP) is 5.68. The largest absolute Gasteiger partial charge is 0.494 e. The van der Waals surface area contributed by atoms with Gasteiger partial charge < -0.3 is 10.1 Å². The topological polar surface area (TPSA) is 56.1 Å². The molecule has 1 saturated carbocycles. The van der Waals surface area contributed by atoms with Crippen molar-refractivity contribution in [2.24, 2.45) is 11.8 Å². The number of aromatic nitrogens is 2. The number of amides is 1. The lowest BCUT2D eigenvalue weighted by Crippen LogP contribution is -2.21. The van der Waals surface area contributed by atoms with Crippen LogP contribution in [0.4, 0.5) is 5.69 Å². The highest BCUT2D eigenvalue weighted by Gasteiger charge is 2.25. The lowest BCUT2D eigenvalue weighted by atomic mass is 9.80. The van der Waals surface area contributed by atoms with E-state index in [-0.39, 0.29) is 5.91 Å². The lowest BCUT2D eigenvalue weighted by molar-refractivity contribution is 0.102. The van der Waals surface area contributed by atoms with Gasteiger partial charge in [0.15, 0.2) is 0 Å². The zero-order valence-corrected chi connectivity index (χ0v) is 17.4. The summed E-state index contributed by atoms with van der Waals surface area (Å²) in [7, 11) is 1.61. The van der Waals surface area contributed by atoms with Crippen molar-refractivity contribution in [3.63, 3.8) is 0 Å². The van der Waals surface area contributed by atoms with Gasteiger partial charge in [0.2, 0.25) is 0 Å². The molecule has 0 spiro atoms. The van der Waals surface area contributed by atoms with Crippen molar-refractivity contribution in [1.29, 1.82) is 0 Å². The number of nitrogens with one attached hydrogen (secondary N) is 1. The molecular formula is C24H29N3O2. The quantitative estimate of drug-likeness (QED) is 0.608. The second-order valence-electron chi connectivity index (χ2n) is 8.35. The normalized spacial score (nSPS) is 19.4. The molecule has 0 saturated heterocycles. The van der Waals surface area contributed by atoms with Crippen LogP contribution < -0.4 is 10.1 Å². The van der Waals surface area contributed by atoms with E-state index in [1.807, 2.05) is 30.3 Å². The highest BCUT2D eigenvalue weighted by molar-refractivity contribution is 6.06. The minimum Gasteiger partial charge on any atom is -0.494 e. The van der Waals surface area contributed by atoms with Crippen LogP contribution in [0.1, 0.15) is 55.9 Å². The Balaban J connectivity index is 1.57. The van der Waals surface area contributed by atoms with Crippen LogP contribution >= 0.6 is 0 Å². The third-order valence-corrected chi connectivity index (χ3v) is 6.19. The molecule has 5 heteroatoms. The van der Waals surface area contributed by atoms with Crippen LogP contribution in [0.2, 0.25) is 0 Å². The first-order valence-corrected chi connectivity index (χ1v) is 10.5. The fraction of sp³-hybridized carbons (Fsp3) is 0.417. The van der Waals surface area contributed by atoms with Gasteiger partial charge in [0.05, 0.1) is 24.4 Å². The molecule has 0 radical (unpaired) electrons. The fourth-order valence-corrected chi connectivity index (χ4v) is 4.34. The number of nitrogens with zero attached hydrogens (tertiary/aromatic N) is 2. The molecule has 0 atom stereocenters. The molecule has 5 nitrogen and oxygen atoms in total. The number of hydrogen-bond acceptors (Lipinski definition) is 3. The van der Waals surface area contributed by atoms with E-state index < -0.39 is 0 Å². The van der Waals surface area contributed by atoms with Crippen molar-refractivity contribution < 1.29 is 9.53 Å². The smallest absolute Gasteiger partial charge is 0.255 e. The van der Waals surface area contributed by atoms with E-state index in [1.54, 1.807) is 19.2 Å². The Labute approximate surface area is 172 Å². The van der Waals surface area contributed by atoms with Gasteiger partial charge in [-0.15, -0.1) is 0 Å². The SMILES string of the molecule is COc1cc2nn(C3CCC(C(C)C)CC3)cc2cc1NC(=O)c1ccccc1. The molecule has 1 N–H and O–H groups in total. The summed E-state index contributed by atoms with van der Waals surface area (Å²) in [6, 6.07) is 13.5. The van der Waals surface area contributed by atoms with Crippen LogP contribution in [0.3, 0.4) is 0 Å². The Morgan fingerprint density at radius 2 is 1.86 bits per heavy atom. The summed E-state index contributed by atoms with van der Waals surface area (Å²) < 4.78 is 7.64. The van der Waals surface area contributed by atoms with Crippen molar-refractivity contribution >= 4 is 22.5 Å². The predicted molar refractivity (Wildman–Crippen MR) is 117 cm³/mol. The average Bonchev–Trinajstić information content (AvgIpc) is 3.16. The molecule has 1 heterocycles. The molecule has 1 aromatic heterocycles. The van der Waals surface area contributed by atoms with Crippen LogP contribution in [0, 0.1) is 11.8 Å². The maximum atomic E-state index is 12.6. The molecule has 1 aliphatic carbocycles. The maximum Gasteiger partial charge on any atom is 0.255 e. The van der Waals surface area contributed by atoms with E-state index in [0.29, 0.717) is 23.0 Å². The molecule has 29 heavy (non-hydrogen) atoms. The van der Waals surface area contributed by atoms with Crippen molar-refractivity contribution in [1.82, 2.24) is 9.78 Å². The summed E-state index contributed by atoms with van der Waals surface area (Å²) in [5.74, 6) is 2.06. The van der Waals surface area contributed by atoms with Gasteiger partial charge in [0.1, 0.15) is 5.75 Å². The van der Waals surface area contributed by atoms with Crippen molar-refractivity contribution in [3.8, 4) is 5.75 Å². The zero-order valence-electron chi connectivity index (χ0n) is 17.4. The van der Waals surface area contributed by atoms with Crippen LogP contribution in [0.25, 0.3) is 10.9 Å². The van der Waals surface area contributed by atoms with Gasteiger partial charge in [-0.1, -0.05) is 32.0 Å². The number of carbonyl (C=O) groups excluding carboxylic acids is 1. The van der Waals surface area contributed by atoms with Gasteiger partial charge in [-0.05, 0) is 55.7 Å². The Bertz CT molecular complexity index is 986. The van der Waals surface area contributed by atoms with Crippen molar-refractivity contribution in [3.05, 3.63) is 54.2 Å². The lowest BCUT2D eigenvalue weighted by Gasteiger charge is -2.30. The maximum absolute atomic E-state index is 12.6. The summed E-state index contributed by atoms with van der Waals surface area (Å²) in [5.41, 5.74) is 2.18. The van der Waals surface area contributed by atoms with E-state index in [4.69, 9.17) is 9.84 Å². The van der Waals surface area contributed by atoms with Gasteiger partial charge >= 0.3 is 0 Å². The van der Waals surface area contributed by atoms with Gasteiger partial charge in [-0.2, -0.15) is 5.10 Å². The fourth-order valence-electron chi connectivity index (χ4n) is 4.34. The summed E-state index contributed by atoms with van der Waals surface area (Å²) in [4.78, 5) is 12.6. The number of anilines is 1. The van der Waals surface area contributed by atoms with Gasteiger partial charge in [-0.3, -0.25) is 9.48 Å². The van der Waals surface area contributed by atoms with E-state index >= 15 is 0 Å². The van der Waals surface area contributed by atoms with Crippen LogP contribution in [0.15, 0.2) is 48.7 Å². The van der Waals surface area contributed by atoms with Gasteiger partial charge in [0, 0.05) is 23.2 Å². The summed E-state index contributed by atoms with van der Waals surface area (Å²) in [6.45, 7) is 4.65. The first-order chi connectivity index (χ1) is 14.0. The summed E-state index contributed by atoms with van der Waals surface area (Å²) >= 11 is 0. The van der Waals surface area contributed by atoms with E-state index in [9.17, 15) is 4.79 Å². The standard InChI is InChI=1S/C24H29N3O2/c1-16(2)17-9-11-20(12-10-17)27-15-19-13-22(23(29-3)14-21(19)26-27)25-24(28)18-7-5-4-6-8-18/h4-8,13-17,20H,9-12H2,1-3H3,(H,25,28). The molecular weight excluding hydrogens is 362 g/mol. The molecule has 0 aliphatic heterocycles. The Kier molecular flexibility index (Phi) is 5.56. The number of methoxy groups -OCH3 is 1. The number of fused-ring (bicyclic) bond motifs is 1. The summed E-state index contributed by atoms with van der Waals surface area (Å²) in [5, 5.41) is 8.81. The number of hydrogen-bond donors (Lipinski definition) is 1. The monoisotopic (exact) mass is 391 g/mol. The summed E-state index contributed by atoms with van der Waals surface area (Å²) in [6.07, 6.45) is 6.98. The second kappa shape index (κ2) is 8.27. The third-order valence-electron chi connectivity index (χ3n) is 6.19. The first-order valence-electron chi connectivity index (χ1n) is 10.5. The van der Waals surface area contributed by atoms with E-state index in [1.165, 1.54) is 25.7 Å². The molecule has 1 amide bonds. The Morgan fingerprint density at radius 3 is 2.52 bits per heavy atom. The van der Waals surface area contributed by atoms with Crippen molar-refractivity contribution in [2.75, 3.05) is 12.4 Å². The molecule has 0 bridgehead atoms. The average molecular weight is 392 g/mol. The molecule has 0 unspecified atom stereocenters. The third kappa shape index (κ3) is 4.14. The molecule has 1 fully saturated rings. The Morgan fingerprint density at radius 1 is 1.14 bits per heavy atom. The van der Waals surface area contributed by atoms with Crippen LogP contribution in [-0.4, -0.2) is 22.8 Å². The first kappa shape index (κ1) is 19.5. The number of carbonyl (C=O) groups is 1. The van der Waals surface area contributed by atoms with E-state index in [0.717, 1.165) is 22.7 Å².